The average Bonchev–Trinajstić information content (AvgIpc) is 2.55. The zero-order chi connectivity index (χ0) is 15.5. The average molecular weight is 302 g/mol. The molecule has 0 spiro atoms. The molecule has 3 rings (SSSR count). The fourth-order valence-electron chi connectivity index (χ4n) is 2.73. The van der Waals surface area contributed by atoms with E-state index in [2.05, 4.69) is 14.9 Å². The predicted molar refractivity (Wildman–Crippen MR) is 83.9 cm³/mol. The third-order valence-electron chi connectivity index (χ3n) is 3.95. The molecule has 1 saturated heterocycles. The molecule has 0 radical (unpaired) electrons. The number of aryl methyl sites for hydroxylation is 1. The monoisotopic (exact) mass is 302 g/mol. The number of piperazine rings is 1. The van der Waals surface area contributed by atoms with Crippen molar-refractivity contribution in [1.29, 1.82) is 0 Å². The summed E-state index contributed by atoms with van der Waals surface area (Å²) in [4.78, 5) is 12.2. The van der Waals surface area contributed by atoms with E-state index in [1.54, 1.807) is 12.1 Å². The number of aromatic hydroxyl groups is 1. The van der Waals surface area contributed by atoms with Crippen LogP contribution in [0.4, 0.5) is 15.9 Å². The molecule has 0 saturated carbocycles. The Hall–Kier alpha value is -2.37. The van der Waals surface area contributed by atoms with Gasteiger partial charge in [-0.3, -0.25) is 0 Å². The van der Waals surface area contributed by atoms with Crippen LogP contribution in [0.1, 0.15) is 12.6 Å². The van der Waals surface area contributed by atoms with Crippen LogP contribution in [0.15, 0.2) is 30.6 Å². The SMILES string of the molecule is CCc1ncnc(N2CCN(c3cccc(O)c3)CC2)c1F. The van der Waals surface area contributed by atoms with Gasteiger partial charge in [0.15, 0.2) is 11.6 Å². The molecule has 0 amide bonds. The molecule has 1 aromatic heterocycles. The molecule has 22 heavy (non-hydrogen) atoms. The van der Waals surface area contributed by atoms with Gasteiger partial charge in [0.05, 0.1) is 5.69 Å². The molecule has 0 bridgehead atoms. The summed E-state index contributed by atoms with van der Waals surface area (Å²) in [6, 6.07) is 7.20. The molecule has 1 aromatic carbocycles. The van der Waals surface area contributed by atoms with Crippen molar-refractivity contribution >= 4 is 11.5 Å². The van der Waals surface area contributed by atoms with Crippen LogP contribution >= 0.6 is 0 Å². The van der Waals surface area contributed by atoms with Gasteiger partial charge in [-0.05, 0) is 18.6 Å². The van der Waals surface area contributed by atoms with Crippen molar-refractivity contribution in [2.75, 3.05) is 36.0 Å². The number of hydrogen-bond donors (Lipinski definition) is 1. The number of anilines is 2. The van der Waals surface area contributed by atoms with Gasteiger partial charge < -0.3 is 14.9 Å². The number of nitrogens with zero attached hydrogens (tertiary/aromatic N) is 4. The summed E-state index contributed by atoms with van der Waals surface area (Å²) in [5.74, 6) is 0.340. The highest BCUT2D eigenvalue weighted by molar-refractivity contribution is 5.52. The molecule has 1 fully saturated rings. The Kier molecular flexibility index (Phi) is 4.09. The van der Waals surface area contributed by atoms with Crippen molar-refractivity contribution in [2.24, 2.45) is 0 Å². The van der Waals surface area contributed by atoms with Crippen molar-refractivity contribution in [3.8, 4) is 5.75 Å². The van der Waals surface area contributed by atoms with E-state index < -0.39 is 0 Å². The van der Waals surface area contributed by atoms with Crippen molar-refractivity contribution in [3.05, 3.63) is 42.1 Å². The number of rotatable bonds is 3. The van der Waals surface area contributed by atoms with Gasteiger partial charge >= 0.3 is 0 Å². The molecule has 0 unspecified atom stereocenters. The van der Waals surface area contributed by atoms with Gasteiger partial charge in [0, 0.05) is 37.9 Å². The lowest BCUT2D eigenvalue weighted by molar-refractivity contribution is 0.475. The van der Waals surface area contributed by atoms with Crippen LogP contribution < -0.4 is 9.80 Å². The van der Waals surface area contributed by atoms with E-state index in [1.807, 2.05) is 24.0 Å². The minimum absolute atomic E-state index is 0.259. The number of hydrogen-bond acceptors (Lipinski definition) is 5. The second kappa shape index (κ2) is 6.17. The smallest absolute Gasteiger partial charge is 0.187 e. The number of phenols is 1. The first-order valence-corrected chi connectivity index (χ1v) is 7.47. The van der Waals surface area contributed by atoms with E-state index in [1.165, 1.54) is 6.33 Å². The van der Waals surface area contributed by atoms with E-state index in [0.29, 0.717) is 31.0 Å². The first-order valence-electron chi connectivity index (χ1n) is 7.47. The van der Waals surface area contributed by atoms with Crippen molar-refractivity contribution in [2.45, 2.75) is 13.3 Å². The molecule has 1 aliphatic heterocycles. The minimum atomic E-state index is -0.309. The Bertz CT molecular complexity index is 656. The standard InChI is InChI=1S/C16H19FN4O/c1-2-14-15(17)16(19-11-18-14)21-8-6-20(7-9-21)12-4-3-5-13(22)10-12/h3-5,10-11,22H,2,6-9H2,1H3. The Morgan fingerprint density at radius 2 is 1.86 bits per heavy atom. The Morgan fingerprint density at radius 1 is 1.14 bits per heavy atom. The quantitative estimate of drug-likeness (QED) is 0.942. The normalized spacial score (nSPS) is 15.2. The lowest BCUT2D eigenvalue weighted by atomic mass is 10.2. The molecular weight excluding hydrogens is 283 g/mol. The van der Waals surface area contributed by atoms with Gasteiger partial charge in [0.2, 0.25) is 0 Å². The van der Waals surface area contributed by atoms with Crippen molar-refractivity contribution < 1.29 is 9.50 Å². The van der Waals surface area contributed by atoms with Gasteiger partial charge in [0.1, 0.15) is 12.1 Å². The lowest BCUT2D eigenvalue weighted by Gasteiger charge is -2.36. The fraction of sp³-hybridized carbons (Fsp3) is 0.375. The summed E-state index contributed by atoms with van der Waals surface area (Å²) in [5.41, 5.74) is 1.44. The molecule has 2 aromatic rings. The Labute approximate surface area is 129 Å². The van der Waals surface area contributed by atoms with E-state index >= 15 is 0 Å². The van der Waals surface area contributed by atoms with Gasteiger partial charge in [-0.25, -0.2) is 14.4 Å². The maximum absolute atomic E-state index is 14.3. The maximum Gasteiger partial charge on any atom is 0.187 e. The number of halogens is 1. The van der Waals surface area contributed by atoms with Crippen LogP contribution in [0.2, 0.25) is 0 Å². The summed E-state index contributed by atoms with van der Waals surface area (Å²) in [6.45, 7) is 4.78. The molecule has 6 heteroatoms. The molecular formula is C16H19FN4O. The van der Waals surface area contributed by atoms with Crippen LogP contribution in [-0.4, -0.2) is 41.3 Å². The Balaban J connectivity index is 1.72. The summed E-state index contributed by atoms with van der Waals surface area (Å²) >= 11 is 0. The molecule has 116 valence electrons. The summed E-state index contributed by atoms with van der Waals surface area (Å²) < 4.78 is 14.3. The zero-order valence-electron chi connectivity index (χ0n) is 12.5. The topological polar surface area (TPSA) is 52.5 Å². The number of aromatic nitrogens is 2. The predicted octanol–water partition coefficient (Wildman–Crippen LogP) is 2.21. The largest absolute Gasteiger partial charge is 0.508 e. The molecule has 0 atom stereocenters. The first kappa shape index (κ1) is 14.6. The van der Waals surface area contributed by atoms with Crippen LogP contribution in [-0.2, 0) is 6.42 Å². The van der Waals surface area contributed by atoms with E-state index in [-0.39, 0.29) is 11.6 Å². The molecule has 1 N–H and O–H groups in total. The maximum atomic E-state index is 14.3. The van der Waals surface area contributed by atoms with E-state index in [4.69, 9.17) is 0 Å². The van der Waals surface area contributed by atoms with Crippen LogP contribution in [0.25, 0.3) is 0 Å². The summed E-state index contributed by atoms with van der Waals surface area (Å²) in [6.07, 6.45) is 1.99. The number of benzene rings is 1. The molecule has 0 aliphatic carbocycles. The third kappa shape index (κ3) is 2.81. The van der Waals surface area contributed by atoms with Crippen molar-refractivity contribution in [3.63, 3.8) is 0 Å². The van der Waals surface area contributed by atoms with Gasteiger partial charge in [-0.15, -0.1) is 0 Å². The lowest BCUT2D eigenvalue weighted by Crippen LogP contribution is -2.47. The highest BCUT2D eigenvalue weighted by Gasteiger charge is 2.22. The van der Waals surface area contributed by atoms with E-state index in [9.17, 15) is 9.50 Å². The molecule has 1 aliphatic rings. The van der Waals surface area contributed by atoms with Crippen LogP contribution in [0, 0.1) is 5.82 Å². The fourth-order valence-corrected chi connectivity index (χ4v) is 2.73. The van der Waals surface area contributed by atoms with Crippen LogP contribution in [0.3, 0.4) is 0 Å². The number of phenolic OH excluding ortho intramolecular Hbond substituents is 1. The van der Waals surface area contributed by atoms with Crippen molar-refractivity contribution in [1.82, 2.24) is 9.97 Å². The molecule has 2 heterocycles. The summed E-state index contributed by atoms with van der Waals surface area (Å²) in [7, 11) is 0. The van der Waals surface area contributed by atoms with Gasteiger partial charge in [0.25, 0.3) is 0 Å². The molecule has 5 nitrogen and oxygen atoms in total. The van der Waals surface area contributed by atoms with Gasteiger partial charge in [-0.1, -0.05) is 13.0 Å². The van der Waals surface area contributed by atoms with Gasteiger partial charge in [-0.2, -0.15) is 0 Å². The van der Waals surface area contributed by atoms with Crippen LogP contribution in [0.5, 0.6) is 5.75 Å². The highest BCUT2D eigenvalue weighted by atomic mass is 19.1. The third-order valence-corrected chi connectivity index (χ3v) is 3.95. The Morgan fingerprint density at radius 3 is 2.55 bits per heavy atom. The van der Waals surface area contributed by atoms with E-state index in [0.717, 1.165) is 18.8 Å². The summed E-state index contributed by atoms with van der Waals surface area (Å²) in [5, 5.41) is 9.56. The minimum Gasteiger partial charge on any atom is -0.508 e. The zero-order valence-corrected chi connectivity index (χ0v) is 12.5. The first-order chi connectivity index (χ1) is 10.7. The highest BCUT2D eigenvalue weighted by Crippen LogP contribution is 2.24. The second-order valence-electron chi connectivity index (χ2n) is 5.31. The second-order valence-corrected chi connectivity index (χ2v) is 5.31.